The van der Waals surface area contributed by atoms with E-state index >= 15 is 0 Å². The summed E-state index contributed by atoms with van der Waals surface area (Å²) >= 11 is 0. The van der Waals surface area contributed by atoms with Gasteiger partial charge in [0.15, 0.2) is 6.10 Å². The molecule has 4 heteroatoms. The molecule has 2 aliphatic rings. The predicted octanol–water partition coefficient (Wildman–Crippen LogP) is 1.88. The monoisotopic (exact) mass is 255 g/mol. The first-order chi connectivity index (χ1) is 8.54. The van der Waals surface area contributed by atoms with Crippen molar-refractivity contribution >= 4 is 5.97 Å². The number of nitrogens with one attached hydrogen (secondary N) is 1. The van der Waals surface area contributed by atoms with Crippen LogP contribution in [-0.2, 0) is 14.3 Å². The zero-order chi connectivity index (χ0) is 13.2. The molecule has 1 saturated heterocycles. The van der Waals surface area contributed by atoms with Crippen LogP contribution in [0.4, 0.5) is 0 Å². The van der Waals surface area contributed by atoms with Gasteiger partial charge in [-0.25, -0.2) is 4.79 Å². The first-order valence-corrected chi connectivity index (χ1v) is 7.00. The molecule has 4 nitrogen and oxygen atoms in total. The number of ether oxygens (including phenoxy) is 2. The average Bonchev–Trinajstić information content (AvgIpc) is 2.66. The highest BCUT2D eigenvalue weighted by Gasteiger charge is 2.47. The first kappa shape index (κ1) is 13.8. The van der Waals surface area contributed by atoms with E-state index in [1.165, 1.54) is 39.2 Å². The van der Waals surface area contributed by atoms with Crippen LogP contribution in [0.1, 0.15) is 46.0 Å². The standard InChI is InChI=1S/C14H25NO3/c1-14(2)9-18-11(13(16)17-3)12(14)15-10-7-5-4-6-8-10/h10-12,15H,4-9H2,1-3H3/t11-,12-/m0/s1. The third-order valence-electron chi connectivity index (χ3n) is 4.23. The van der Waals surface area contributed by atoms with E-state index < -0.39 is 6.10 Å². The summed E-state index contributed by atoms with van der Waals surface area (Å²) in [5, 5.41) is 3.65. The summed E-state index contributed by atoms with van der Waals surface area (Å²) in [4.78, 5) is 11.8. The fourth-order valence-corrected chi connectivity index (χ4v) is 3.06. The Labute approximate surface area is 109 Å². The highest BCUT2D eigenvalue weighted by Crippen LogP contribution is 2.34. The second-order valence-corrected chi connectivity index (χ2v) is 6.22. The van der Waals surface area contributed by atoms with Crippen molar-refractivity contribution in [3.05, 3.63) is 0 Å². The van der Waals surface area contributed by atoms with E-state index in [1.54, 1.807) is 0 Å². The van der Waals surface area contributed by atoms with E-state index in [0.29, 0.717) is 12.6 Å². The van der Waals surface area contributed by atoms with Gasteiger partial charge in [-0.2, -0.15) is 0 Å². The quantitative estimate of drug-likeness (QED) is 0.782. The molecule has 2 fully saturated rings. The van der Waals surface area contributed by atoms with E-state index in [-0.39, 0.29) is 17.4 Å². The summed E-state index contributed by atoms with van der Waals surface area (Å²) in [6.07, 6.45) is 5.87. The van der Waals surface area contributed by atoms with Crippen LogP contribution in [0.3, 0.4) is 0 Å². The number of methoxy groups -OCH3 is 1. The maximum Gasteiger partial charge on any atom is 0.336 e. The number of esters is 1. The SMILES string of the molecule is COC(=O)[C@H]1OCC(C)(C)[C@H]1NC1CCCCC1. The zero-order valence-corrected chi connectivity index (χ0v) is 11.7. The number of hydrogen-bond donors (Lipinski definition) is 1. The van der Waals surface area contributed by atoms with Gasteiger partial charge >= 0.3 is 5.97 Å². The number of rotatable bonds is 3. The highest BCUT2D eigenvalue weighted by atomic mass is 16.6. The van der Waals surface area contributed by atoms with Crippen molar-refractivity contribution < 1.29 is 14.3 Å². The molecule has 0 spiro atoms. The molecule has 0 unspecified atom stereocenters. The molecule has 1 aliphatic carbocycles. The molecular weight excluding hydrogens is 230 g/mol. The van der Waals surface area contributed by atoms with E-state index in [0.717, 1.165) is 0 Å². The summed E-state index contributed by atoms with van der Waals surface area (Å²) in [5.41, 5.74) is -0.0176. The molecule has 2 rings (SSSR count). The van der Waals surface area contributed by atoms with Gasteiger partial charge in [-0.3, -0.25) is 0 Å². The van der Waals surface area contributed by atoms with E-state index in [2.05, 4.69) is 19.2 Å². The Morgan fingerprint density at radius 3 is 2.56 bits per heavy atom. The summed E-state index contributed by atoms with van der Waals surface area (Å²) in [7, 11) is 1.43. The van der Waals surface area contributed by atoms with Gasteiger partial charge in [0.05, 0.1) is 19.8 Å². The molecule has 1 N–H and O–H groups in total. The minimum Gasteiger partial charge on any atom is -0.467 e. The lowest BCUT2D eigenvalue weighted by Crippen LogP contribution is -2.52. The lowest BCUT2D eigenvalue weighted by atomic mass is 9.83. The second kappa shape index (κ2) is 5.57. The maximum atomic E-state index is 11.8. The van der Waals surface area contributed by atoms with Gasteiger partial charge < -0.3 is 14.8 Å². The third-order valence-corrected chi connectivity index (χ3v) is 4.23. The number of carbonyl (C=O) groups is 1. The Hall–Kier alpha value is -0.610. The molecule has 104 valence electrons. The van der Waals surface area contributed by atoms with Crippen LogP contribution in [0.2, 0.25) is 0 Å². The normalized spacial score (nSPS) is 32.4. The predicted molar refractivity (Wildman–Crippen MR) is 69.3 cm³/mol. The van der Waals surface area contributed by atoms with Crippen molar-refractivity contribution in [1.82, 2.24) is 5.32 Å². The van der Waals surface area contributed by atoms with Crippen LogP contribution < -0.4 is 5.32 Å². The van der Waals surface area contributed by atoms with Gasteiger partial charge in [-0.15, -0.1) is 0 Å². The van der Waals surface area contributed by atoms with Crippen LogP contribution in [0, 0.1) is 5.41 Å². The van der Waals surface area contributed by atoms with Crippen molar-refractivity contribution in [2.75, 3.05) is 13.7 Å². The Morgan fingerprint density at radius 1 is 1.28 bits per heavy atom. The van der Waals surface area contributed by atoms with Crippen LogP contribution in [-0.4, -0.2) is 37.9 Å². The van der Waals surface area contributed by atoms with E-state index in [1.807, 2.05) is 0 Å². The first-order valence-electron chi connectivity index (χ1n) is 7.00. The Kier molecular flexibility index (Phi) is 4.28. The summed E-state index contributed by atoms with van der Waals surface area (Å²) in [5.74, 6) is -0.256. The van der Waals surface area contributed by atoms with Gasteiger partial charge in [0.2, 0.25) is 0 Å². The molecule has 2 atom stereocenters. The Morgan fingerprint density at radius 2 is 1.94 bits per heavy atom. The lowest BCUT2D eigenvalue weighted by molar-refractivity contribution is -0.152. The number of carbonyl (C=O) groups excluding carboxylic acids is 1. The maximum absolute atomic E-state index is 11.8. The molecule has 0 aromatic rings. The van der Waals surface area contributed by atoms with Gasteiger partial charge in [0.25, 0.3) is 0 Å². The van der Waals surface area contributed by atoms with Crippen molar-refractivity contribution in [3.63, 3.8) is 0 Å². The Bertz CT molecular complexity index is 297. The molecule has 0 aromatic heterocycles. The van der Waals surface area contributed by atoms with E-state index in [9.17, 15) is 4.79 Å². The minimum atomic E-state index is -0.452. The lowest BCUT2D eigenvalue weighted by Gasteiger charge is -2.34. The molecule has 1 heterocycles. The average molecular weight is 255 g/mol. The smallest absolute Gasteiger partial charge is 0.336 e. The minimum absolute atomic E-state index is 0.0176. The van der Waals surface area contributed by atoms with Gasteiger partial charge in [0, 0.05) is 11.5 Å². The number of hydrogen-bond acceptors (Lipinski definition) is 4. The fourth-order valence-electron chi connectivity index (χ4n) is 3.06. The summed E-state index contributed by atoms with van der Waals surface area (Å²) < 4.78 is 10.5. The summed E-state index contributed by atoms with van der Waals surface area (Å²) in [6, 6.07) is 0.588. The van der Waals surface area contributed by atoms with Crippen LogP contribution in [0.15, 0.2) is 0 Å². The fraction of sp³-hybridized carbons (Fsp3) is 0.929. The van der Waals surface area contributed by atoms with Gasteiger partial charge in [-0.1, -0.05) is 33.1 Å². The molecule has 1 saturated carbocycles. The molecule has 0 amide bonds. The third kappa shape index (κ3) is 2.86. The largest absolute Gasteiger partial charge is 0.467 e. The second-order valence-electron chi connectivity index (χ2n) is 6.22. The van der Waals surface area contributed by atoms with Crippen molar-refractivity contribution in [1.29, 1.82) is 0 Å². The summed E-state index contributed by atoms with van der Waals surface area (Å²) in [6.45, 7) is 4.91. The molecule has 0 aromatic carbocycles. The van der Waals surface area contributed by atoms with E-state index in [4.69, 9.17) is 9.47 Å². The molecule has 0 bridgehead atoms. The topological polar surface area (TPSA) is 47.6 Å². The highest BCUT2D eigenvalue weighted by molar-refractivity contribution is 5.76. The van der Waals surface area contributed by atoms with Crippen molar-refractivity contribution in [2.45, 2.75) is 64.1 Å². The van der Waals surface area contributed by atoms with Crippen LogP contribution in [0.25, 0.3) is 0 Å². The molecule has 18 heavy (non-hydrogen) atoms. The molecular formula is C14H25NO3. The van der Waals surface area contributed by atoms with Crippen LogP contribution >= 0.6 is 0 Å². The van der Waals surface area contributed by atoms with Crippen molar-refractivity contribution in [3.8, 4) is 0 Å². The molecule has 1 aliphatic heterocycles. The molecule has 0 radical (unpaired) electrons. The Balaban J connectivity index is 2.02. The van der Waals surface area contributed by atoms with Gasteiger partial charge in [0.1, 0.15) is 0 Å². The van der Waals surface area contributed by atoms with Crippen LogP contribution in [0.5, 0.6) is 0 Å². The zero-order valence-electron chi connectivity index (χ0n) is 11.7. The van der Waals surface area contributed by atoms with Gasteiger partial charge in [-0.05, 0) is 12.8 Å². The van der Waals surface area contributed by atoms with Crippen molar-refractivity contribution in [2.24, 2.45) is 5.41 Å².